The SMILES string of the molecule is CNCc1oc2c(Br)cc(OC)c(Br)c2c1C1CC1. The Morgan fingerprint density at radius 2 is 2.16 bits per heavy atom. The highest BCUT2D eigenvalue weighted by molar-refractivity contribution is 9.11. The van der Waals surface area contributed by atoms with Gasteiger partial charge in [-0.25, -0.2) is 0 Å². The molecule has 2 aromatic rings. The minimum atomic E-state index is 0.625. The second-order valence-corrected chi connectivity index (χ2v) is 6.47. The lowest BCUT2D eigenvalue weighted by molar-refractivity contribution is 0.412. The molecule has 0 unspecified atom stereocenters. The fraction of sp³-hybridized carbons (Fsp3) is 0.429. The maximum atomic E-state index is 6.06. The molecule has 1 fully saturated rings. The van der Waals surface area contributed by atoms with Crippen LogP contribution in [-0.4, -0.2) is 14.2 Å². The van der Waals surface area contributed by atoms with Crippen LogP contribution in [0.5, 0.6) is 5.75 Å². The predicted molar refractivity (Wildman–Crippen MR) is 82.9 cm³/mol. The van der Waals surface area contributed by atoms with Crippen LogP contribution in [-0.2, 0) is 6.54 Å². The summed E-state index contributed by atoms with van der Waals surface area (Å²) in [4.78, 5) is 0. The molecule has 19 heavy (non-hydrogen) atoms. The average Bonchev–Trinajstić information content (AvgIpc) is 3.16. The van der Waals surface area contributed by atoms with Gasteiger partial charge in [-0.3, -0.25) is 0 Å². The molecule has 1 heterocycles. The molecule has 1 aromatic carbocycles. The molecule has 1 saturated carbocycles. The number of methoxy groups -OCH3 is 1. The normalized spacial score (nSPS) is 15.2. The molecular weight excluding hydrogens is 374 g/mol. The Bertz CT molecular complexity index is 632. The van der Waals surface area contributed by atoms with E-state index in [-0.39, 0.29) is 0 Å². The molecular formula is C14H15Br2NO2. The highest BCUT2D eigenvalue weighted by Crippen LogP contribution is 2.51. The summed E-state index contributed by atoms with van der Waals surface area (Å²) in [5.74, 6) is 2.49. The lowest BCUT2D eigenvalue weighted by Gasteiger charge is -2.06. The van der Waals surface area contributed by atoms with Crippen LogP contribution >= 0.6 is 31.9 Å². The van der Waals surface area contributed by atoms with Gasteiger partial charge in [0.2, 0.25) is 0 Å². The minimum Gasteiger partial charge on any atom is -0.496 e. The van der Waals surface area contributed by atoms with Gasteiger partial charge in [0.1, 0.15) is 17.1 Å². The van der Waals surface area contributed by atoms with Gasteiger partial charge in [0.25, 0.3) is 0 Å². The Balaban J connectivity index is 2.32. The van der Waals surface area contributed by atoms with Crippen LogP contribution in [0.4, 0.5) is 0 Å². The van der Waals surface area contributed by atoms with Gasteiger partial charge < -0.3 is 14.5 Å². The van der Waals surface area contributed by atoms with E-state index in [1.807, 2.05) is 13.1 Å². The number of halogens is 2. The number of furan rings is 1. The van der Waals surface area contributed by atoms with Crippen LogP contribution in [0.2, 0.25) is 0 Å². The van der Waals surface area contributed by atoms with Crippen LogP contribution in [0, 0.1) is 0 Å². The van der Waals surface area contributed by atoms with Crippen molar-refractivity contribution in [2.75, 3.05) is 14.2 Å². The lowest BCUT2D eigenvalue weighted by Crippen LogP contribution is -2.05. The maximum Gasteiger partial charge on any atom is 0.150 e. The fourth-order valence-corrected chi connectivity index (χ4v) is 3.65. The molecule has 1 aliphatic carbocycles. The van der Waals surface area contributed by atoms with Gasteiger partial charge >= 0.3 is 0 Å². The lowest BCUT2D eigenvalue weighted by atomic mass is 10.1. The van der Waals surface area contributed by atoms with Crippen LogP contribution < -0.4 is 10.1 Å². The second-order valence-electron chi connectivity index (χ2n) is 4.82. The van der Waals surface area contributed by atoms with Gasteiger partial charge in [-0.15, -0.1) is 0 Å². The van der Waals surface area contributed by atoms with Crippen molar-refractivity contribution in [2.24, 2.45) is 0 Å². The predicted octanol–water partition coefficient (Wildman–Crippen LogP) is 4.56. The topological polar surface area (TPSA) is 34.4 Å². The summed E-state index contributed by atoms with van der Waals surface area (Å²) in [5, 5.41) is 4.33. The molecule has 3 rings (SSSR count). The largest absolute Gasteiger partial charge is 0.496 e. The van der Waals surface area contributed by atoms with Crippen LogP contribution in [0.15, 0.2) is 19.4 Å². The van der Waals surface area contributed by atoms with E-state index in [4.69, 9.17) is 9.15 Å². The quantitative estimate of drug-likeness (QED) is 0.833. The zero-order valence-corrected chi connectivity index (χ0v) is 14.0. The van der Waals surface area contributed by atoms with Gasteiger partial charge in [-0.05, 0) is 63.7 Å². The van der Waals surface area contributed by atoms with Gasteiger partial charge in [0.05, 0.1) is 22.6 Å². The van der Waals surface area contributed by atoms with E-state index in [2.05, 4.69) is 37.2 Å². The highest BCUT2D eigenvalue weighted by atomic mass is 79.9. The van der Waals surface area contributed by atoms with E-state index >= 15 is 0 Å². The Morgan fingerprint density at radius 3 is 2.74 bits per heavy atom. The van der Waals surface area contributed by atoms with E-state index in [1.165, 1.54) is 18.4 Å². The summed E-state index contributed by atoms with van der Waals surface area (Å²) in [6.07, 6.45) is 2.49. The maximum absolute atomic E-state index is 6.06. The van der Waals surface area contributed by atoms with Crippen molar-refractivity contribution < 1.29 is 9.15 Å². The minimum absolute atomic E-state index is 0.625. The Kier molecular flexibility index (Phi) is 3.62. The van der Waals surface area contributed by atoms with E-state index in [0.717, 1.165) is 38.0 Å². The number of hydrogen-bond acceptors (Lipinski definition) is 3. The van der Waals surface area contributed by atoms with Crippen molar-refractivity contribution in [2.45, 2.75) is 25.3 Å². The molecule has 102 valence electrons. The van der Waals surface area contributed by atoms with E-state index in [9.17, 15) is 0 Å². The first kappa shape index (κ1) is 13.5. The summed E-state index contributed by atoms with van der Waals surface area (Å²) in [6, 6.07) is 1.94. The third kappa shape index (κ3) is 2.22. The summed E-state index contributed by atoms with van der Waals surface area (Å²) >= 11 is 7.24. The number of benzene rings is 1. The molecule has 1 N–H and O–H groups in total. The molecule has 1 aliphatic rings. The second kappa shape index (κ2) is 5.11. The molecule has 0 atom stereocenters. The Labute approximate surface area is 128 Å². The van der Waals surface area contributed by atoms with Gasteiger partial charge in [0.15, 0.2) is 0 Å². The van der Waals surface area contributed by atoms with Crippen molar-refractivity contribution in [1.29, 1.82) is 0 Å². The summed E-state index contributed by atoms with van der Waals surface area (Å²) < 4.78 is 13.4. The first-order valence-electron chi connectivity index (χ1n) is 6.29. The van der Waals surface area contributed by atoms with Gasteiger partial charge in [-0.2, -0.15) is 0 Å². The van der Waals surface area contributed by atoms with E-state index < -0.39 is 0 Å². The first-order valence-corrected chi connectivity index (χ1v) is 7.87. The molecule has 5 heteroatoms. The third-order valence-corrected chi connectivity index (χ3v) is 4.85. The van der Waals surface area contributed by atoms with Crippen molar-refractivity contribution in [3.63, 3.8) is 0 Å². The zero-order chi connectivity index (χ0) is 13.6. The van der Waals surface area contributed by atoms with Crippen LogP contribution in [0.25, 0.3) is 11.0 Å². The molecule has 0 amide bonds. The zero-order valence-electron chi connectivity index (χ0n) is 10.8. The van der Waals surface area contributed by atoms with Crippen LogP contribution in [0.3, 0.4) is 0 Å². The van der Waals surface area contributed by atoms with Crippen molar-refractivity contribution in [3.8, 4) is 5.75 Å². The summed E-state index contributed by atoms with van der Waals surface area (Å²) in [6.45, 7) is 0.752. The highest BCUT2D eigenvalue weighted by Gasteiger charge is 2.32. The van der Waals surface area contributed by atoms with Gasteiger partial charge in [0, 0.05) is 10.9 Å². The number of rotatable bonds is 4. The Hall–Kier alpha value is -0.520. The summed E-state index contributed by atoms with van der Waals surface area (Å²) in [5.41, 5.74) is 2.23. The van der Waals surface area contributed by atoms with Crippen LogP contribution in [0.1, 0.15) is 30.1 Å². The molecule has 0 aliphatic heterocycles. The monoisotopic (exact) mass is 387 g/mol. The van der Waals surface area contributed by atoms with Crippen molar-refractivity contribution in [3.05, 3.63) is 26.3 Å². The third-order valence-electron chi connectivity index (χ3n) is 3.48. The molecule has 0 radical (unpaired) electrons. The molecule has 1 aromatic heterocycles. The fourth-order valence-electron chi connectivity index (χ4n) is 2.49. The van der Waals surface area contributed by atoms with E-state index in [1.54, 1.807) is 7.11 Å². The average molecular weight is 389 g/mol. The molecule has 0 spiro atoms. The first-order chi connectivity index (χ1) is 9.17. The number of fused-ring (bicyclic) bond motifs is 1. The van der Waals surface area contributed by atoms with Crippen molar-refractivity contribution in [1.82, 2.24) is 5.32 Å². The summed E-state index contributed by atoms with van der Waals surface area (Å²) in [7, 11) is 3.62. The van der Waals surface area contributed by atoms with Crippen molar-refractivity contribution >= 4 is 42.8 Å². The standard InChI is InChI=1S/C14H15Br2NO2/c1-17-6-10-11(7-3-4-7)12-13(16)9(18-2)5-8(15)14(12)19-10/h5,7,17H,3-4,6H2,1-2H3. The number of ether oxygens (including phenoxy) is 1. The molecule has 3 nitrogen and oxygen atoms in total. The van der Waals surface area contributed by atoms with E-state index in [0.29, 0.717) is 5.92 Å². The van der Waals surface area contributed by atoms with Gasteiger partial charge in [-0.1, -0.05) is 0 Å². The molecule has 0 bridgehead atoms. The number of hydrogen-bond donors (Lipinski definition) is 1. The number of nitrogens with one attached hydrogen (secondary N) is 1. The Morgan fingerprint density at radius 1 is 1.42 bits per heavy atom. The smallest absolute Gasteiger partial charge is 0.150 e. The molecule has 0 saturated heterocycles.